The van der Waals surface area contributed by atoms with E-state index in [9.17, 15) is 14.4 Å². The number of carbonyl (C=O) groups is 3. The van der Waals surface area contributed by atoms with Crippen molar-refractivity contribution in [1.29, 1.82) is 0 Å². The molecule has 11 heteroatoms. The second kappa shape index (κ2) is 17.1. The Morgan fingerprint density at radius 1 is 1.06 bits per heavy atom. The second-order valence-electron chi connectivity index (χ2n) is 13.4. The Morgan fingerprint density at radius 3 is 2.69 bits per heavy atom. The SMILES string of the molecule is CC(C)C[C@H]1NC(=O)CN(Cc2ccccc2OCC(=O)N2CCC(C)CC2)CCCOc2cccc(c2)-c2nccn2CCNC1=O. The largest absolute Gasteiger partial charge is 0.494 e. The molecular formula is C37H50N6O5. The van der Waals surface area contributed by atoms with Crippen LogP contribution in [0.25, 0.3) is 11.4 Å². The summed E-state index contributed by atoms with van der Waals surface area (Å²) in [6.45, 7) is 10.3. The van der Waals surface area contributed by atoms with Crippen LogP contribution in [0.1, 0.15) is 52.0 Å². The van der Waals surface area contributed by atoms with Gasteiger partial charge < -0.3 is 29.6 Å². The summed E-state index contributed by atoms with van der Waals surface area (Å²) >= 11 is 0. The van der Waals surface area contributed by atoms with E-state index in [1.54, 1.807) is 6.20 Å². The number of imidazole rings is 1. The van der Waals surface area contributed by atoms with Gasteiger partial charge in [0.25, 0.3) is 5.91 Å². The van der Waals surface area contributed by atoms with Gasteiger partial charge in [-0.3, -0.25) is 19.3 Å². The fraction of sp³-hybridized carbons (Fsp3) is 0.514. The first-order valence-corrected chi connectivity index (χ1v) is 17.3. The first kappa shape index (κ1) is 34.9. The molecule has 1 saturated heterocycles. The van der Waals surface area contributed by atoms with E-state index in [1.807, 2.05) is 82.9 Å². The maximum absolute atomic E-state index is 13.5. The van der Waals surface area contributed by atoms with E-state index in [0.717, 1.165) is 48.6 Å². The maximum atomic E-state index is 13.5. The summed E-state index contributed by atoms with van der Waals surface area (Å²) in [6, 6.07) is 14.9. The Hall–Kier alpha value is -4.38. The third-order valence-electron chi connectivity index (χ3n) is 8.93. The number of hydrogen-bond acceptors (Lipinski definition) is 7. The summed E-state index contributed by atoms with van der Waals surface area (Å²) in [6.07, 6.45) is 6.86. The monoisotopic (exact) mass is 658 g/mol. The minimum atomic E-state index is -0.653. The summed E-state index contributed by atoms with van der Waals surface area (Å²) in [7, 11) is 0. The van der Waals surface area contributed by atoms with Crippen LogP contribution in [0, 0.1) is 11.8 Å². The molecule has 1 atom stereocenters. The number of piperidine rings is 1. The molecule has 1 aromatic heterocycles. The van der Waals surface area contributed by atoms with Crippen molar-refractivity contribution in [3.05, 3.63) is 66.5 Å². The summed E-state index contributed by atoms with van der Waals surface area (Å²) in [5.41, 5.74) is 1.81. The third kappa shape index (κ3) is 10.1. The van der Waals surface area contributed by atoms with Crippen LogP contribution in [0.15, 0.2) is 60.9 Å². The van der Waals surface area contributed by atoms with Gasteiger partial charge in [0.15, 0.2) is 6.61 Å². The normalized spacial score (nSPS) is 19.0. The van der Waals surface area contributed by atoms with Crippen molar-refractivity contribution in [2.24, 2.45) is 11.8 Å². The number of nitrogens with one attached hydrogen (secondary N) is 2. The van der Waals surface area contributed by atoms with Crippen LogP contribution in [0.4, 0.5) is 0 Å². The Labute approximate surface area is 284 Å². The molecule has 2 bridgehead atoms. The molecule has 1 fully saturated rings. The molecule has 0 spiro atoms. The minimum absolute atomic E-state index is 0.00716. The zero-order chi connectivity index (χ0) is 33.9. The number of rotatable bonds is 7. The van der Waals surface area contributed by atoms with E-state index in [4.69, 9.17) is 9.47 Å². The van der Waals surface area contributed by atoms with Gasteiger partial charge in [-0.15, -0.1) is 0 Å². The highest BCUT2D eigenvalue weighted by molar-refractivity contribution is 5.88. The highest BCUT2D eigenvalue weighted by Gasteiger charge is 2.24. The quantitative estimate of drug-likeness (QED) is 0.392. The van der Waals surface area contributed by atoms with Gasteiger partial charge in [-0.05, 0) is 55.7 Å². The van der Waals surface area contributed by atoms with Gasteiger partial charge in [0.2, 0.25) is 11.8 Å². The maximum Gasteiger partial charge on any atom is 0.260 e. The van der Waals surface area contributed by atoms with Crippen LogP contribution < -0.4 is 20.1 Å². The number of carbonyl (C=O) groups excluding carboxylic acids is 3. The average molecular weight is 659 g/mol. The van der Waals surface area contributed by atoms with Crippen LogP contribution in [0.5, 0.6) is 11.5 Å². The Kier molecular flexibility index (Phi) is 12.5. The molecule has 258 valence electrons. The summed E-state index contributed by atoms with van der Waals surface area (Å²) < 4.78 is 14.2. The van der Waals surface area contributed by atoms with Gasteiger partial charge in [-0.2, -0.15) is 0 Å². The van der Waals surface area contributed by atoms with Gasteiger partial charge >= 0.3 is 0 Å². The number of fused-ring (bicyclic) bond motifs is 4. The number of benzene rings is 2. The average Bonchev–Trinajstić information content (AvgIpc) is 3.54. The van der Waals surface area contributed by atoms with Crippen molar-refractivity contribution in [3.8, 4) is 22.9 Å². The molecule has 0 radical (unpaired) electrons. The van der Waals surface area contributed by atoms with E-state index < -0.39 is 6.04 Å². The lowest BCUT2D eigenvalue weighted by Gasteiger charge is -2.30. The summed E-state index contributed by atoms with van der Waals surface area (Å²) in [5, 5.41) is 6.03. The Morgan fingerprint density at radius 2 is 1.88 bits per heavy atom. The van der Waals surface area contributed by atoms with Crippen molar-refractivity contribution >= 4 is 17.7 Å². The van der Waals surface area contributed by atoms with Crippen molar-refractivity contribution in [1.82, 2.24) is 30.0 Å². The molecule has 3 aromatic rings. The molecule has 48 heavy (non-hydrogen) atoms. The van der Waals surface area contributed by atoms with E-state index >= 15 is 0 Å². The summed E-state index contributed by atoms with van der Waals surface area (Å²) in [5.74, 6) is 2.57. The van der Waals surface area contributed by atoms with Gasteiger partial charge in [-0.1, -0.05) is 51.1 Å². The minimum Gasteiger partial charge on any atom is -0.494 e. The van der Waals surface area contributed by atoms with Gasteiger partial charge in [0.05, 0.1) is 13.2 Å². The number of amides is 3. The van der Waals surface area contributed by atoms with Crippen LogP contribution >= 0.6 is 0 Å². The predicted octanol–water partition coefficient (Wildman–Crippen LogP) is 4.12. The van der Waals surface area contributed by atoms with Crippen molar-refractivity contribution < 1.29 is 23.9 Å². The molecule has 0 saturated carbocycles. The smallest absolute Gasteiger partial charge is 0.260 e. The van der Waals surface area contributed by atoms with Crippen molar-refractivity contribution in [2.45, 2.75) is 65.6 Å². The zero-order valence-electron chi connectivity index (χ0n) is 28.5. The zero-order valence-corrected chi connectivity index (χ0v) is 28.5. The number of nitrogens with zero attached hydrogens (tertiary/aromatic N) is 4. The number of aromatic nitrogens is 2. The van der Waals surface area contributed by atoms with E-state index in [2.05, 4.69) is 22.5 Å². The molecule has 2 aliphatic rings. The highest BCUT2D eigenvalue weighted by Crippen LogP contribution is 2.24. The Balaban J connectivity index is 1.31. The fourth-order valence-electron chi connectivity index (χ4n) is 6.24. The predicted molar refractivity (Wildman–Crippen MR) is 184 cm³/mol. The first-order valence-electron chi connectivity index (χ1n) is 17.3. The second-order valence-corrected chi connectivity index (χ2v) is 13.4. The number of ether oxygens (including phenoxy) is 2. The topological polar surface area (TPSA) is 118 Å². The van der Waals surface area contributed by atoms with Crippen LogP contribution in [-0.2, 0) is 27.5 Å². The van der Waals surface area contributed by atoms with Crippen molar-refractivity contribution in [3.63, 3.8) is 0 Å². The number of hydrogen-bond donors (Lipinski definition) is 2. The standard InChI is InChI=1S/C37H50N6O5/c1-27(2)22-32-37(46)39-15-20-43-19-14-38-36(43)29-9-6-10-31(23-29)47-21-7-16-41(25-34(44)40-32)24-30-8-4-5-11-33(30)48-26-35(45)42-17-12-28(3)13-18-42/h4-6,8-11,14,19,23,27-28,32H,7,12-13,15-18,20-22,24-26H2,1-3H3,(H,39,46)(H,40,44)/t32-/m1/s1. The van der Waals surface area contributed by atoms with E-state index in [0.29, 0.717) is 57.3 Å². The van der Waals surface area contributed by atoms with Crippen molar-refractivity contribution in [2.75, 3.05) is 45.9 Å². The lowest BCUT2D eigenvalue weighted by atomic mass is 9.99. The molecule has 0 unspecified atom stereocenters. The number of para-hydroxylation sites is 1. The molecule has 0 aliphatic carbocycles. The molecule has 2 aliphatic heterocycles. The lowest BCUT2D eigenvalue weighted by molar-refractivity contribution is -0.134. The molecule has 3 amide bonds. The molecule has 11 nitrogen and oxygen atoms in total. The van der Waals surface area contributed by atoms with Gasteiger partial charge in [0, 0.05) is 62.8 Å². The molecule has 3 heterocycles. The first-order chi connectivity index (χ1) is 23.2. The molecule has 5 rings (SSSR count). The summed E-state index contributed by atoms with van der Waals surface area (Å²) in [4.78, 5) is 48.2. The van der Waals surface area contributed by atoms with Crippen LogP contribution in [-0.4, -0.2) is 89.1 Å². The Bertz CT molecular complexity index is 1520. The highest BCUT2D eigenvalue weighted by atomic mass is 16.5. The molecular weight excluding hydrogens is 608 g/mol. The van der Waals surface area contributed by atoms with Gasteiger partial charge in [0.1, 0.15) is 23.4 Å². The van der Waals surface area contributed by atoms with Gasteiger partial charge in [-0.25, -0.2) is 4.98 Å². The number of likely N-dealkylation sites (tertiary alicyclic amines) is 1. The molecule has 2 aromatic carbocycles. The molecule has 2 N–H and O–H groups in total. The van der Waals surface area contributed by atoms with Crippen LogP contribution in [0.2, 0.25) is 0 Å². The van der Waals surface area contributed by atoms with E-state index in [1.165, 1.54) is 0 Å². The van der Waals surface area contributed by atoms with E-state index in [-0.39, 0.29) is 36.8 Å². The van der Waals surface area contributed by atoms with Crippen LogP contribution in [0.3, 0.4) is 0 Å². The lowest BCUT2D eigenvalue weighted by Crippen LogP contribution is -2.50. The fourth-order valence-corrected chi connectivity index (χ4v) is 6.24. The third-order valence-corrected chi connectivity index (χ3v) is 8.93.